The van der Waals surface area contributed by atoms with Gasteiger partial charge in [-0.05, 0) is 71.8 Å². The second-order valence-corrected chi connectivity index (χ2v) is 6.96. The molecule has 2 heterocycles. The number of ether oxygens (including phenoxy) is 1. The molecule has 8 nitrogen and oxygen atoms in total. The van der Waals surface area contributed by atoms with Gasteiger partial charge in [0.2, 0.25) is 0 Å². The molecule has 0 aliphatic heterocycles. The van der Waals surface area contributed by atoms with E-state index in [1.165, 1.54) is 0 Å². The van der Waals surface area contributed by atoms with Gasteiger partial charge in [0.25, 0.3) is 5.91 Å². The number of nitrogens with zero attached hydrogens (tertiary/aromatic N) is 5. The van der Waals surface area contributed by atoms with Crippen LogP contribution in [0.2, 0.25) is 0 Å². The molecule has 0 spiro atoms. The fraction of sp³-hybridized carbons (Fsp3) is 0.190. The second-order valence-electron chi connectivity index (χ2n) is 6.96. The molecule has 0 unspecified atom stereocenters. The molecule has 0 saturated heterocycles. The van der Waals surface area contributed by atoms with Crippen molar-refractivity contribution in [2.75, 3.05) is 12.4 Å². The van der Waals surface area contributed by atoms with Gasteiger partial charge in [-0.2, -0.15) is 0 Å². The number of tetrazole rings is 1. The monoisotopic (exact) mass is 386 g/mol. The average Bonchev–Trinajstić information content (AvgIpc) is 3.50. The lowest BCUT2D eigenvalue weighted by atomic mass is 10.1. The van der Waals surface area contributed by atoms with E-state index < -0.39 is 0 Å². The first-order valence-corrected chi connectivity index (χ1v) is 9.36. The molecule has 1 amide bonds. The Balaban J connectivity index is 1.34. The van der Waals surface area contributed by atoms with Crippen LogP contribution in [0, 0.1) is 0 Å². The quantitative estimate of drug-likeness (QED) is 0.564. The van der Waals surface area contributed by atoms with E-state index >= 15 is 0 Å². The van der Waals surface area contributed by atoms with Crippen LogP contribution in [0.1, 0.15) is 29.4 Å². The lowest BCUT2D eigenvalue weighted by Crippen LogP contribution is -2.13. The van der Waals surface area contributed by atoms with Crippen LogP contribution < -0.4 is 10.1 Å². The maximum atomic E-state index is 12.6. The summed E-state index contributed by atoms with van der Waals surface area (Å²) in [7, 11) is 1.62. The second kappa shape index (κ2) is 6.97. The minimum atomic E-state index is -0.265. The van der Waals surface area contributed by atoms with Crippen LogP contribution in [-0.4, -0.2) is 38.2 Å². The minimum Gasteiger partial charge on any atom is -0.497 e. The Kier molecular flexibility index (Phi) is 4.16. The molecule has 144 valence electrons. The van der Waals surface area contributed by atoms with Crippen LogP contribution in [0.4, 0.5) is 5.69 Å². The van der Waals surface area contributed by atoms with Crippen LogP contribution in [0.3, 0.4) is 0 Å². The summed E-state index contributed by atoms with van der Waals surface area (Å²) in [5, 5.41) is 15.8. The Morgan fingerprint density at radius 1 is 1.10 bits per heavy atom. The molecule has 1 N–H and O–H groups in total. The van der Waals surface area contributed by atoms with E-state index in [-0.39, 0.29) is 5.91 Å². The van der Waals surface area contributed by atoms with Crippen LogP contribution in [0.25, 0.3) is 22.3 Å². The lowest BCUT2D eigenvalue weighted by molar-refractivity contribution is 0.102. The highest BCUT2D eigenvalue weighted by atomic mass is 16.5. The van der Waals surface area contributed by atoms with Gasteiger partial charge in [-0.25, -0.2) is 9.67 Å². The Hall–Kier alpha value is -3.81. The zero-order chi connectivity index (χ0) is 19.8. The first-order chi connectivity index (χ1) is 14.2. The van der Waals surface area contributed by atoms with Crippen LogP contribution >= 0.6 is 0 Å². The van der Waals surface area contributed by atoms with Gasteiger partial charge in [-0.15, -0.1) is 5.10 Å². The molecule has 1 saturated carbocycles. The third-order valence-corrected chi connectivity index (χ3v) is 4.92. The Labute approximate surface area is 166 Å². The molecule has 0 atom stereocenters. The number of carbonyl (C=O) groups excluding carboxylic acids is 1. The van der Waals surface area contributed by atoms with Crippen molar-refractivity contribution in [3.05, 3.63) is 60.3 Å². The van der Waals surface area contributed by atoms with Gasteiger partial charge < -0.3 is 10.1 Å². The van der Waals surface area contributed by atoms with E-state index in [0.29, 0.717) is 17.4 Å². The van der Waals surface area contributed by atoms with E-state index in [1.807, 2.05) is 53.2 Å². The van der Waals surface area contributed by atoms with E-state index in [0.717, 1.165) is 40.9 Å². The number of nitrogens with one attached hydrogen (secondary N) is 1. The summed E-state index contributed by atoms with van der Waals surface area (Å²) in [6, 6.07) is 17.0. The van der Waals surface area contributed by atoms with Crippen LogP contribution in [0.5, 0.6) is 5.75 Å². The van der Waals surface area contributed by atoms with Gasteiger partial charge in [-0.1, -0.05) is 6.07 Å². The number of fused-ring (bicyclic) bond motifs is 1. The molecule has 0 bridgehead atoms. The number of anilines is 1. The van der Waals surface area contributed by atoms with Crippen molar-refractivity contribution >= 4 is 22.5 Å². The maximum absolute atomic E-state index is 12.6. The maximum Gasteiger partial charge on any atom is 0.274 e. The molecule has 4 aromatic rings. The van der Waals surface area contributed by atoms with Gasteiger partial charge in [0.05, 0.1) is 18.7 Å². The van der Waals surface area contributed by atoms with Crippen molar-refractivity contribution in [2.45, 2.75) is 18.9 Å². The molecular weight excluding hydrogens is 368 g/mol. The third-order valence-electron chi connectivity index (χ3n) is 4.92. The van der Waals surface area contributed by atoms with Crippen LogP contribution in [-0.2, 0) is 0 Å². The van der Waals surface area contributed by atoms with Gasteiger partial charge >= 0.3 is 0 Å². The number of aromatic nitrogens is 5. The number of carbonyl (C=O) groups is 1. The summed E-state index contributed by atoms with van der Waals surface area (Å²) in [5.41, 5.74) is 2.68. The topological polar surface area (TPSA) is 94.8 Å². The predicted molar refractivity (Wildman–Crippen MR) is 108 cm³/mol. The van der Waals surface area contributed by atoms with Crippen molar-refractivity contribution < 1.29 is 9.53 Å². The van der Waals surface area contributed by atoms with Gasteiger partial charge in [0.15, 0.2) is 5.82 Å². The SMILES string of the molecule is COc1ccc2nc(C(=O)Nc3ccc(-c4nnnn4C4CC4)cc3)ccc2c1. The molecule has 2 aromatic carbocycles. The van der Waals surface area contributed by atoms with Crippen molar-refractivity contribution in [3.8, 4) is 17.1 Å². The van der Waals surface area contributed by atoms with Crippen molar-refractivity contribution in [3.63, 3.8) is 0 Å². The zero-order valence-corrected chi connectivity index (χ0v) is 15.7. The fourth-order valence-electron chi connectivity index (χ4n) is 3.20. The van der Waals surface area contributed by atoms with Gasteiger partial charge in [0.1, 0.15) is 11.4 Å². The molecule has 1 fully saturated rings. The van der Waals surface area contributed by atoms with E-state index in [1.54, 1.807) is 13.2 Å². The lowest BCUT2D eigenvalue weighted by Gasteiger charge is -2.08. The first-order valence-electron chi connectivity index (χ1n) is 9.36. The normalized spacial score (nSPS) is 13.4. The highest BCUT2D eigenvalue weighted by Crippen LogP contribution is 2.36. The number of benzene rings is 2. The van der Waals surface area contributed by atoms with Crippen molar-refractivity contribution in [2.24, 2.45) is 0 Å². The average molecular weight is 386 g/mol. The Bertz CT molecular complexity index is 1200. The van der Waals surface area contributed by atoms with Crippen molar-refractivity contribution in [1.29, 1.82) is 0 Å². The minimum absolute atomic E-state index is 0.265. The van der Waals surface area contributed by atoms with E-state index in [9.17, 15) is 4.79 Å². The number of amides is 1. The molecule has 5 rings (SSSR count). The van der Waals surface area contributed by atoms with Gasteiger partial charge in [0, 0.05) is 16.6 Å². The van der Waals surface area contributed by atoms with Gasteiger partial charge in [-0.3, -0.25) is 4.79 Å². The van der Waals surface area contributed by atoms with Crippen molar-refractivity contribution in [1.82, 2.24) is 25.2 Å². The number of methoxy groups -OCH3 is 1. The number of hydrogen-bond donors (Lipinski definition) is 1. The fourth-order valence-corrected chi connectivity index (χ4v) is 3.20. The molecule has 0 radical (unpaired) electrons. The molecule has 1 aliphatic rings. The highest BCUT2D eigenvalue weighted by Gasteiger charge is 2.28. The molecule has 29 heavy (non-hydrogen) atoms. The smallest absolute Gasteiger partial charge is 0.274 e. The van der Waals surface area contributed by atoms with E-state index in [2.05, 4.69) is 25.8 Å². The molecular formula is C21H18N6O2. The third kappa shape index (κ3) is 3.40. The highest BCUT2D eigenvalue weighted by molar-refractivity contribution is 6.04. The first kappa shape index (κ1) is 17.3. The Morgan fingerprint density at radius 3 is 2.69 bits per heavy atom. The standard InChI is InChI=1S/C21H18N6O2/c1-29-17-9-11-18-14(12-17)4-10-19(23-18)21(28)22-15-5-2-13(3-6-15)20-24-25-26-27(20)16-7-8-16/h2-6,9-12,16H,7-8H2,1H3,(H,22,28). The largest absolute Gasteiger partial charge is 0.497 e. The van der Waals surface area contributed by atoms with E-state index in [4.69, 9.17) is 4.74 Å². The summed E-state index contributed by atoms with van der Waals surface area (Å²) in [6.45, 7) is 0. The number of hydrogen-bond acceptors (Lipinski definition) is 6. The molecule has 1 aliphatic carbocycles. The number of pyridine rings is 1. The predicted octanol–water partition coefficient (Wildman–Crippen LogP) is 3.48. The summed E-state index contributed by atoms with van der Waals surface area (Å²) in [5.74, 6) is 1.24. The van der Waals surface area contributed by atoms with Crippen LogP contribution in [0.15, 0.2) is 54.6 Å². The Morgan fingerprint density at radius 2 is 1.93 bits per heavy atom. The number of rotatable bonds is 5. The summed E-state index contributed by atoms with van der Waals surface area (Å²) >= 11 is 0. The zero-order valence-electron chi connectivity index (χ0n) is 15.7. The molecule has 8 heteroatoms. The summed E-state index contributed by atoms with van der Waals surface area (Å²) < 4.78 is 7.08. The summed E-state index contributed by atoms with van der Waals surface area (Å²) in [6.07, 6.45) is 2.22. The summed E-state index contributed by atoms with van der Waals surface area (Å²) in [4.78, 5) is 17.1. The molecule has 2 aromatic heterocycles.